The van der Waals surface area contributed by atoms with Gasteiger partial charge >= 0.3 is 0 Å². The molecule has 4 nitrogen and oxygen atoms in total. The lowest BCUT2D eigenvalue weighted by atomic mass is 10.2. The highest BCUT2D eigenvalue weighted by atomic mass is 35.5. The molecular weight excluding hydrogens is 226 g/mol. The average molecular weight is 238 g/mol. The molecule has 2 rings (SSSR count). The molecule has 1 unspecified atom stereocenters. The van der Waals surface area contributed by atoms with E-state index in [2.05, 4.69) is 10.3 Å². The minimum atomic E-state index is -0.616. The number of benzene rings is 1. The van der Waals surface area contributed by atoms with E-state index in [0.29, 0.717) is 10.7 Å². The monoisotopic (exact) mass is 237 g/mol. The van der Waals surface area contributed by atoms with E-state index in [1.807, 2.05) is 25.1 Å². The van der Waals surface area contributed by atoms with Crippen molar-refractivity contribution >= 4 is 11.6 Å². The van der Waals surface area contributed by atoms with Gasteiger partial charge in [-0.3, -0.25) is 0 Å². The predicted octanol–water partition coefficient (Wildman–Crippen LogP) is 2.28. The number of rotatable bonds is 2. The maximum absolute atomic E-state index is 9.34. The number of aromatic nitrogens is 3. The molecule has 0 saturated heterocycles. The Bertz CT molecular complexity index is 508. The number of halogens is 1. The molecule has 1 N–H and O–H groups in total. The second-order valence-electron chi connectivity index (χ2n) is 3.70. The average Bonchev–Trinajstić information content (AvgIpc) is 2.71. The highest BCUT2D eigenvalue weighted by Crippen LogP contribution is 2.19. The van der Waals surface area contributed by atoms with Gasteiger partial charge in [-0.1, -0.05) is 22.9 Å². The van der Waals surface area contributed by atoms with Crippen LogP contribution in [0.3, 0.4) is 0 Å². The van der Waals surface area contributed by atoms with Crippen LogP contribution in [0.25, 0.3) is 5.69 Å². The molecule has 2 aromatic rings. The van der Waals surface area contributed by atoms with Crippen LogP contribution in [0.4, 0.5) is 0 Å². The summed E-state index contributed by atoms with van der Waals surface area (Å²) in [6.07, 6.45) is 1.07. The largest absolute Gasteiger partial charge is 0.387 e. The Morgan fingerprint density at radius 3 is 2.75 bits per heavy atom. The molecule has 84 valence electrons. The Hall–Kier alpha value is -1.39. The first-order chi connectivity index (χ1) is 7.58. The van der Waals surface area contributed by atoms with Gasteiger partial charge in [0, 0.05) is 5.02 Å². The van der Waals surface area contributed by atoms with Crippen LogP contribution in [0.5, 0.6) is 0 Å². The molecule has 0 radical (unpaired) electrons. The summed E-state index contributed by atoms with van der Waals surface area (Å²) in [6, 6.07) is 5.64. The van der Waals surface area contributed by atoms with E-state index in [0.717, 1.165) is 11.3 Å². The summed E-state index contributed by atoms with van der Waals surface area (Å²) in [5, 5.41) is 17.8. The topological polar surface area (TPSA) is 50.9 Å². The van der Waals surface area contributed by atoms with Crippen LogP contribution in [0.15, 0.2) is 24.4 Å². The molecule has 1 aromatic carbocycles. The number of aryl methyl sites for hydroxylation is 1. The van der Waals surface area contributed by atoms with Crippen LogP contribution in [0, 0.1) is 6.92 Å². The minimum absolute atomic E-state index is 0.539. The van der Waals surface area contributed by atoms with Gasteiger partial charge in [-0.15, -0.1) is 5.10 Å². The van der Waals surface area contributed by atoms with Crippen LogP contribution in [0.2, 0.25) is 5.02 Å². The summed E-state index contributed by atoms with van der Waals surface area (Å²) in [4.78, 5) is 0. The third-order valence-electron chi connectivity index (χ3n) is 2.36. The van der Waals surface area contributed by atoms with Gasteiger partial charge in [0.2, 0.25) is 0 Å². The molecule has 1 atom stereocenters. The fourth-order valence-electron chi connectivity index (χ4n) is 1.32. The maximum atomic E-state index is 9.34. The Labute approximate surface area is 98.5 Å². The van der Waals surface area contributed by atoms with E-state index in [-0.39, 0.29) is 0 Å². The van der Waals surface area contributed by atoms with Crippen molar-refractivity contribution in [1.82, 2.24) is 15.0 Å². The third kappa shape index (κ3) is 2.08. The molecule has 0 aliphatic heterocycles. The fraction of sp³-hybridized carbons (Fsp3) is 0.273. The minimum Gasteiger partial charge on any atom is -0.387 e. The molecule has 0 bridgehead atoms. The summed E-state index contributed by atoms with van der Waals surface area (Å²) >= 11 is 6.02. The van der Waals surface area contributed by atoms with Crippen molar-refractivity contribution in [3.05, 3.63) is 40.7 Å². The lowest BCUT2D eigenvalue weighted by molar-refractivity contribution is 0.194. The molecule has 0 saturated carbocycles. The Morgan fingerprint density at radius 1 is 1.44 bits per heavy atom. The number of aliphatic hydroxyl groups excluding tert-OH is 1. The quantitative estimate of drug-likeness (QED) is 0.872. The molecule has 0 aliphatic carbocycles. The van der Waals surface area contributed by atoms with E-state index < -0.39 is 6.10 Å². The number of hydrogen-bond acceptors (Lipinski definition) is 3. The van der Waals surface area contributed by atoms with Crippen LogP contribution in [-0.2, 0) is 0 Å². The fourth-order valence-corrected chi connectivity index (χ4v) is 1.49. The highest BCUT2D eigenvalue weighted by molar-refractivity contribution is 6.31. The first-order valence-corrected chi connectivity index (χ1v) is 5.32. The van der Waals surface area contributed by atoms with Gasteiger partial charge in [-0.2, -0.15) is 0 Å². The number of hydrogen-bond donors (Lipinski definition) is 1. The van der Waals surface area contributed by atoms with Crippen molar-refractivity contribution in [2.24, 2.45) is 0 Å². The summed E-state index contributed by atoms with van der Waals surface area (Å²) in [5.74, 6) is 0. The Morgan fingerprint density at radius 2 is 2.19 bits per heavy atom. The number of nitrogens with zero attached hydrogens (tertiary/aromatic N) is 3. The maximum Gasteiger partial charge on any atom is 0.111 e. The summed E-state index contributed by atoms with van der Waals surface area (Å²) < 4.78 is 1.59. The van der Waals surface area contributed by atoms with Gasteiger partial charge in [0.1, 0.15) is 5.69 Å². The molecule has 1 heterocycles. The first kappa shape index (κ1) is 11.1. The predicted molar refractivity (Wildman–Crippen MR) is 61.7 cm³/mol. The lowest BCUT2D eigenvalue weighted by Gasteiger charge is -2.02. The van der Waals surface area contributed by atoms with E-state index in [1.54, 1.807) is 17.8 Å². The van der Waals surface area contributed by atoms with E-state index in [4.69, 9.17) is 11.6 Å². The van der Waals surface area contributed by atoms with Gasteiger partial charge in [-0.25, -0.2) is 4.68 Å². The lowest BCUT2D eigenvalue weighted by Crippen LogP contribution is -1.95. The first-order valence-electron chi connectivity index (χ1n) is 4.95. The highest BCUT2D eigenvalue weighted by Gasteiger charge is 2.08. The summed E-state index contributed by atoms with van der Waals surface area (Å²) in [6.45, 7) is 3.59. The molecular formula is C11H12ClN3O. The van der Waals surface area contributed by atoms with E-state index >= 15 is 0 Å². The van der Waals surface area contributed by atoms with Crippen molar-refractivity contribution in [3.8, 4) is 5.69 Å². The van der Waals surface area contributed by atoms with E-state index in [1.165, 1.54) is 0 Å². The van der Waals surface area contributed by atoms with Gasteiger partial charge in [0.05, 0.1) is 18.0 Å². The number of aliphatic hydroxyl groups is 1. The SMILES string of the molecule is Cc1ccc(-n2cc(C(C)O)nn2)cc1Cl. The van der Waals surface area contributed by atoms with Gasteiger partial charge in [-0.05, 0) is 31.5 Å². The van der Waals surface area contributed by atoms with Crippen molar-refractivity contribution < 1.29 is 5.11 Å². The van der Waals surface area contributed by atoms with Crippen LogP contribution >= 0.6 is 11.6 Å². The molecule has 16 heavy (non-hydrogen) atoms. The molecule has 0 spiro atoms. The smallest absolute Gasteiger partial charge is 0.111 e. The molecule has 1 aromatic heterocycles. The third-order valence-corrected chi connectivity index (χ3v) is 2.77. The van der Waals surface area contributed by atoms with Gasteiger partial charge in [0.25, 0.3) is 0 Å². The molecule has 0 fully saturated rings. The Balaban J connectivity index is 2.39. The summed E-state index contributed by atoms with van der Waals surface area (Å²) in [7, 11) is 0. The standard InChI is InChI=1S/C11H12ClN3O/c1-7-3-4-9(5-10(7)12)15-6-11(8(2)16)13-14-15/h3-6,8,16H,1-2H3. The zero-order valence-electron chi connectivity index (χ0n) is 9.05. The van der Waals surface area contributed by atoms with Crippen LogP contribution in [-0.4, -0.2) is 20.1 Å². The van der Waals surface area contributed by atoms with Gasteiger partial charge in [0.15, 0.2) is 0 Å². The zero-order valence-corrected chi connectivity index (χ0v) is 9.81. The van der Waals surface area contributed by atoms with Crippen molar-refractivity contribution in [1.29, 1.82) is 0 Å². The second-order valence-corrected chi connectivity index (χ2v) is 4.10. The second kappa shape index (κ2) is 4.23. The van der Waals surface area contributed by atoms with Crippen molar-refractivity contribution in [2.75, 3.05) is 0 Å². The summed E-state index contributed by atoms with van der Waals surface area (Å²) in [5.41, 5.74) is 2.38. The molecule has 5 heteroatoms. The molecule has 0 amide bonds. The van der Waals surface area contributed by atoms with E-state index in [9.17, 15) is 5.11 Å². The Kier molecular flexibility index (Phi) is 2.94. The van der Waals surface area contributed by atoms with Crippen molar-refractivity contribution in [2.45, 2.75) is 20.0 Å². The van der Waals surface area contributed by atoms with Gasteiger partial charge < -0.3 is 5.11 Å². The van der Waals surface area contributed by atoms with Crippen LogP contribution in [0.1, 0.15) is 24.3 Å². The zero-order chi connectivity index (χ0) is 11.7. The normalized spacial score (nSPS) is 12.8. The molecule has 0 aliphatic rings. The van der Waals surface area contributed by atoms with Crippen LogP contribution < -0.4 is 0 Å². The van der Waals surface area contributed by atoms with Crippen molar-refractivity contribution in [3.63, 3.8) is 0 Å².